The van der Waals surface area contributed by atoms with Crippen molar-refractivity contribution in [2.45, 2.75) is 6.42 Å². The number of para-hydroxylation sites is 1. The van der Waals surface area contributed by atoms with Crippen LogP contribution in [0.5, 0.6) is 0 Å². The number of nitrogens with one attached hydrogen (secondary N) is 1. The van der Waals surface area contributed by atoms with Crippen LogP contribution in [0.3, 0.4) is 0 Å². The minimum absolute atomic E-state index is 0.104. The first-order valence-electron chi connectivity index (χ1n) is 8.00. The van der Waals surface area contributed by atoms with Gasteiger partial charge in [0.1, 0.15) is 6.33 Å². The number of carbonyl (C=O) groups is 1. The van der Waals surface area contributed by atoms with Gasteiger partial charge < -0.3 is 5.32 Å². The molecule has 128 valence electrons. The molecule has 2 aromatic heterocycles. The molecule has 26 heavy (non-hydrogen) atoms. The molecule has 0 bridgehead atoms. The van der Waals surface area contributed by atoms with Gasteiger partial charge in [-0.15, -0.1) is 5.10 Å². The Balaban J connectivity index is 1.39. The van der Waals surface area contributed by atoms with E-state index < -0.39 is 0 Å². The summed E-state index contributed by atoms with van der Waals surface area (Å²) in [5.41, 5.74) is 3.33. The third kappa shape index (κ3) is 3.48. The Kier molecular flexibility index (Phi) is 4.21. The Morgan fingerprint density at radius 3 is 2.46 bits per heavy atom. The molecular formula is C18H15N7O. The Hall–Kier alpha value is -3.81. The number of nitrogens with zero attached hydrogens (tertiary/aromatic N) is 6. The molecule has 0 aliphatic heterocycles. The first-order chi connectivity index (χ1) is 12.8. The number of tetrazole rings is 1. The predicted octanol–water partition coefficient (Wildman–Crippen LogP) is 2.03. The lowest BCUT2D eigenvalue weighted by atomic mass is 10.2. The molecule has 8 nitrogen and oxygen atoms in total. The molecule has 8 heteroatoms. The highest BCUT2D eigenvalue weighted by molar-refractivity contribution is 5.92. The third-order valence-corrected chi connectivity index (χ3v) is 3.79. The van der Waals surface area contributed by atoms with E-state index in [0.29, 0.717) is 5.69 Å². The molecular weight excluding hydrogens is 330 g/mol. The van der Waals surface area contributed by atoms with Crippen LogP contribution >= 0.6 is 0 Å². The van der Waals surface area contributed by atoms with E-state index in [0.717, 1.165) is 16.9 Å². The number of hydrogen-bond acceptors (Lipinski definition) is 5. The zero-order valence-corrected chi connectivity index (χ0v) is 13.7. The highest BCUT2D eigenvalue weighted by Crippen LogP contribution is 2.13. The van der Waals surface area contributed by atoms with Crippen LogP contribution in [0, 0.1) is 0 Å². The third-order valence-electron chi connectivity index (χ3n) is 3.79. The molecule has 4 aromatic rings. The second-order valence-corrected chi connectivity index (χ2v) is 5.65. The zero-order valence-electron chi connectivity index (χ0n) is 13.7. The average Bonchev–Trinajstić information content (AvgIpc) is 3.35. The quantitative estimate of drug-likeness (QED) is 0.598. The fraction of sp³-hybridized carbons (Fsp3) is 0.0556. The fourth-order valence-corrected chi connectivity index (χ4v) is 2.54. The van der Waals surface area contributed by atoms with E-state index in [1.807, 2.05) is 60.8 Å². The van der Waals surface area contributed by atoms with Gasteiger partial charge in [-0.2, -0.15) is 5.10 Å². The van der Waals surface area contributed by atoms with Crippen LogP contribution in [0.15, 0.2) is 73.3 Å². The molecule has 0 atom stereocenters. The fourth-order valence-electron chi connectivity index (χ4n) is 2.54. The average molecular weight is 345 g/mol. The van der Waals surface area contributed by atoms with Crippen molar-refractivity contribution in [2.75, 3.05) is 5.32 Å². The van der Waals surface area contributed by atoms with Crippen molar-refractivity contribution in [1.82, 2.24) is 30.0 Å². The van der Waals surface area contributed by atoms with E-state index in [1.165, 1.54) is 6.33 Å². The summed E-state index contributed by atoms with van der Waals surface area (Å²) in [6.07, 6.45) is 5.32. The Bertz CT molecular complexity index is 992. The monoisotopic (exact) mass is 345 g/mol. The van der Waals surface area contributed by atoms with Gasteiger partial charge in [0.05, 0.1) is 24.0 Å². The largest absolute Gasteiger partial charge is 0.326 e. The van der Waals surface area contributed by atoms with E-state index in [2.05, 4.69) is 25.9 Å². The van der Waals surface area contributed by atoms with Gasteiger partial charge in [-0.25, -0.2) is 9.36 Å². The summed E-state index contributed by atoms with van der Waals surface area (Å²) in [5, 5.41) is 18.2. The second kappa shape index (κ2) is 6.98. The molecule has 1 N–H and O–H groups in total. The van der Waals surface area contributed by atoms with Gasteiger partial charge in [0.2, 0.25) is 5.91 Å². The number of rotatable bonds is 5. The van der Waals surface area contributed by atoms with Crippen LogP contribution in [-0.2, 0) is 11.2 Å². The lowest BCUT2D eigenvalue weighted by Gasteiger charge is -2.05. The van der Waals surface area contributed by atoms with Gasteiger partial charge in [-0.3, -0.25) is 4.79 Å². The van der Waals surface area contributed by atoms with Crippen molar-refractivity contribution in [3.63, 3.8) is 0 Å². The summed E-state index contributed by atoms with van der Waals surface area (Å²) in [6, 6.07) is 17.0. The molecule has 2 heterocycles. The summed E-state index contributed by atoms with van der Waals surface area (Å²) >= 11 is 0. The topological polar surface area (TPSA) is 90.5 Å². The van der Waals surface area contributed by atoms with E-state index >= 15 is 0 Å². The van der Waals surface area contributed by atoms with Crippen LogP contribution < -0.4 is 5.32 Å². The van der Waals surface area contributed by atoms with Crippen molar-refractivity contribution in [2.24, 2.45) is 0 Å². The van der Waals surface area contributed by atoms with Gasteiger partial charge in [0.25, 0.3) is 0 Å². The number of amides is 1. The van der Waals surface area contributed by atoms with Crippen molar-refractivity contribution in [3.8, 4) is 11.4 Å². The summed E-state index contributed by atoms with van der Waals surface area (Å²) < 4.78 is 3.30. The zero-order chi connectivity index (χ0) is 17.8. The van der Waals surface area contributed by atoms with Gasteiger partial charge in [-0.05, 0) is 52.4 Å². The Morgan fingerprint density at radius 2 is 1.73 bits per heavy atom. The molecule has 1 amide bonds. The predicted molar refractivity (Wildman–Crippen MR) is 95.1 cm³/mol. The van der Waals surface area contributed by atoms with Crippen LogP contribution in [0.4, 0.5) is 5.69 Å². The number of hydrogen-bond donors (Lipinski definition) is 1. The van der Waals surface area contributed by atoms with E-state index in [4.69, 9.17) is 0 Å². The summed E-state index contributed by atoms with van der Waals surface area (Å²) in [6.45, 7) is 0. The molecule has 0 aliphatic carbocycles. The molecule has 0 spiro atoms. The van der Waals surface area contributed by atoms with Crippen molar-refractivity contribution < 1.29 is 4.79 Å². The number of carbonyl (C=O) groups excluding carboxylic acids is 1. The van der Waals surface area contributed by atoms with Crippen LogP contribution in [0.1, 0.15) is 5.56 Å². The van der Waals surface area contributed by atoms with E-state index in [1.54, 1.807) is 15.6 Å². The summed E-state index contributed by atoms with van der Waals surface area (Å²) in [4.78, 5) is 12.3. The number of benzene rings is 2. The van der Waals surface area contributed by atoms with Gasteiger partial charge in [0.15, 0.2) is 0 Å². The molecule has 0 saturated carbocycles. The van der Waals surface area contributed by atoms with E-state index in [-0.39, 0.29) is 12.3 Å². The molecule has 0 unspecified atom stereocenters. The molecule has 0 saturated heterocycles. The minimum Gasteiger partial charge on any atom is -0.326 e. The lowest BCUT2D eigenvalue weighted by molar-refractivity contribution is -0.115. The number of aromatic nitrogens is 6. The first kappa shape index (κ1) is 15.7. The highest BCUT2D eigenvalue weighted by Gasteiger charge is 2.08. The minimum atomic E-state index is -0.104. The Morgan fingerprint density at radius 1 is 0.962 bits per heavy atom. The highest BCUT2D eigenvalue weighted by atomic mass is 16.1. The van der Waals surface area contributed by atoms with Crippen molar-refractivity contribution in [1.29, 1.82) is 0 Å². The SMILES string of the molecule is O=C(Cc1cnn(-c2ccccc2)c1)Nc1ccc(-n2cnnn2)cc1. The first-order valence-corrected chi connectivity index (χ1v) is 8.00. The summed E-state index contributed by atoms with van der Waals surface area (Å²) in [5.74, 6) is -0.104. The van der Waals surface area contributed by atoms with Gasteiger partial charge in [-0.1, -0.05) is 18.2 Å². The normalized spacial score (nSPS) is 10.6. The Labute approximate surface area is 149 Å². The summed E-state index contributed by atoms with van der Waals surface area (Å²) in [7, 11) is 0. The van der Waals surface area contributed by atoms with Crippen LogP contribution in [0.2, 0.25) is 0 Å². The molecule has 4 rings (SSSR count). The smallest absolute Gasteiger partial charge is 0.228 e. The molecule has 0 fully saturated rings. The van der Waals surface area contributed by atoms with Crippen LogP contribution in [0.25, 0.3) is 11.4 Å². The van der Waals surface area contributed by atoms with Gasteiger partial charge >= 0.3 is 0 Å². The second-order valence-electron chi connectivity index (χ2n) is 5.65. The maximum atomic E-state index is 12.3. The maximum absolute atomic E-state index is 12.3. The number of anilines is 1. The van der Waals surface area contributed by atoms with Crippen molar-refractivity contribution >= 4 is 11.6 Å². The van der Waals surface area contributed by atoms with Gasteiger partial charge in [0, 0.05) is 11.9 Å². The standard InChI is InChI=1S/C18H15N7O/c26-18(10-14-11-20-24(12-14)16-4-2-1-3-5-16)21-15-6-8-17(9-7-15)25-13-19-22-23-25/h1-9,11-13H,10H2,(H,21,26). The molecule has 0 radical (unpaired) electrons. The van der Waals surface area contributed by atoms with E-state index in [9.17, 15) is 4.79 Å². The molecule has 0 aliphatic rings. The molecule has 2 aromatic carbocycles. The van der Waals surface area contributed by atoms with Crippen molar-refractivity contribution in [3.05, 3.63) is 78.9 Å². The van der Waals surface area contributed by atoms with Crippen LogP contribution in [-0.4, -0.2) is 35.9 Å². The maximum Gasteiger partial charge on any atom is 0.228 e. The lowest BCUT2D eigenvalue weighted by Crippen LogP contribution is -2.14.